The SMILES string of the molecule is CN(C)C1CCCN(c2ccc3c(c2)CCCc2c-3[nH]c(=O)c(C(=O)O)c2O)C1.Cl. The van der Waals surface area contributed by atoms with Gasteiger partial charge in [0.15, 0.2) is 5.56 Å². The number of aromatic amines is 1. The third-order valence-electron chi connectivity index (χ3n) is 6.23. The molecule has 30 heavy (non-hydrogen) atoms. The quantitative estimate of drug-likeness (QED) is 0.688. The summed E-state index contributed by atoms with van der Waals surface area (Å²) in [6.45, 7) is 2.02. The molecule has 1 aromatic carbocycles. The van der Waals surface area contributed by atoms with E-state index >= 15 is 0 Å². The number of hydrogen-bond acceptors (Lipinski definition) is 5. The molecule has 0 radical (unpaired) electrons. The highest BCUT2D eigenvalue weighted by Crippen LogP contribution is 2.37. The van der Waals surface area contributed by atoms with Crippen molar-refractivity contribution in [2.45, 2.75) is 38.1 Å². The van der Waals surface area contributed by atoms with E-state index in [9.17, 15) is 19.8 Å². The maximum atomic E-state index is 12.3. The van der Waals surface area contributed by atoms with Crippen molar-refractivity contribution in [1.82, 2.24) is 9.88 Å². The number of pyridine rings is 1. The molecule has 8 heteroatoms. The Bertz CT molecular complexity index is 1020. The fourth-order valence-electron chi connectivity index (χ4n) is 4.59. The third kappa shape index (κ3) is 3.91. The number of fused-ring (bicyclic) bond motifs is 3. The molecule has 0 amide bonds. The molecule has 4 rings (SSSR count). The number of aromatic hydroxyl groups is 1. The molecule has 2 heterocycles. The first kappa shape index (κ1) is 22.2. The number of hydrogen-bond donors (Lipinski definition) is 3. The van der Waals surface area contributed by atoms with E-state index in [0.717, 1.165) is 43.5 Å². The molecule has 1 atom stereocenters. The molecule has 1 aliphatic heterocycles. The van der Waals surface area contributed by atoms with Crippen molar-refractivity contribution >= 4 is 24.1 Å². The van der Waals surface area contributed by atoms with E-state index in [4.69, 9.17) is 0 Å². The van der Waals surface area contributed by atoms with Crippen molar-refractivity contribution in [3.63, 3.8) is 0 Å². The maximum Gasteiger partial charge on any atom is 0.345 e. The lowest BCUT2D eigenvalue weighted by atomic mass is 9.98. The second kappa shape index (κ2) is 8.70. The molecule has 1 aliphatic carbocycles. The van der Waals surface area contributed by atoms with Gasteiger partial charge in [0.05, 0.1) is 5.69 Å². The van der Waals surface area contributed by atoms with Crippen LogP contribution < -0.4 is 10.5 Å². The second-order valence-corrected chi connectivity index (χ2v) is 8.24. The van der Waals surface area contributed by atoms with Crippen LogP contribution >= 0.6 is 12.4 Å². The molecule has 3 N–H and O–H groups in total. The van der Waals surface area contributed by atoms with Crippen molar-refractivity contribution in [3.8, 4) is 17.0 Å². The van der Waals surface area contributed by atoms with Crippen LogP contribution in [0.4, 0.5) is 5.69 Å². The van der Waals surface area contributed by atoms with Crippen molar-refractivity contribution in [1.29, 1.82) is 0 Å². The minimum Gasteiger partial charge on any atom is -0.506 e. The Morgan fingerprint density at radius 3 is 2.70 bits per heavy atom. The van der Waals surface area contributed by atoms with Crippen LogP contribution in [0.5, 0.6) is 5.75 Å². The Labute approximate surface area is 181 Å². The summed E-state index contributed by atoms with van der Waals surface area (Å²) in [6, 6.07) is 6.77. The number of carbonyl (C=O) groups is 1. The number of anilines is 1. The van der Waals surface area contributed by atoms with Crippen LogP contribution in [0.1, 0.15) is 40.7 Å². The molecule has 1 unspecified atom stereocenters. The average Bonchev–Trinajstić information content (AvgIpc) is 2.87. The topological polar surface area (TPSA) is 96.9 Å². The first-order valence-corrected chi connectivity index (χ1v) is 10.1. The van der Waals surface area contributed by atoms with Crippen LogP contribution in [0.15, 0.2) is 23.0 Å². The van der Waals surface area contributed by atoms with Crippen LogP contribution in [0.3, 0.4) is 0 Å². The van der Waals surface area contributed by atoms with Gasteiger partial charge in [-0.15, -0.1) is 12.4 Å². The van der Waals surface area contributed by atoms with E-state index in [1.54, 1.807) is 0 Å². The molecule has 0 bridgehead atoms. The van der Waals surface area contributed by atoms with Crippen molar-refractivity contribution in [2.75, 3.05) is 32.1 Å². The van der Waals surface area contributed by atoms with Crippen LogP contribution in [0.25, 0.3) is 11.3 Å². The van der Waals surface area contributed by atoms with Gasteiger partial charge in [-0.2, -0.15) is 0 Å². The van der Waals surface area contributed by atoms with Crippen LogP contribution in [0, 0.1) is 0 Å². The standard InChI is InChI=1S/C22H27N3O4.ClH/c1-24(2)15-6-4-10-25(12-15)14-8-9-16-13(11-14)5-3-7-17-19(16)23-21(27)18(20(17)26)22(28)29;/h8-9,11,15H,3-7,10,12H2,1-2H3,(H,28,29)(H2,23,26,27);1H. The predicted molar refractivity (Wildman–Crippen MR) is 119 cm³/mol. The number of aromatic nitrogens is 1. The number of aryl methyl sites for hydroxylation is 1. The average molecular weight is 434 g/mol. The summed E-state index contributed by atoms with van der Waals surface area (Å²) in [6.07, 6.45) is 4.47. The van der Waals surface area contributed by atoms with E-state index in [1.807, 2.05) is 6.07 Å². The first-order valence-electron chi connectivity index (χ1n) is 10.1. The number of carboxylic acids is 1. The molecule has 0 spiro atoms. The summed E-state index contributed by atoms with van der Waals surface area (Å²) in [5.74, 6) is -1.81. The molecule has 7 nitrogen and oxygen atoms in total. The molecule has 162 valence electrons. The number of benzene rings is 1. The zero-order valence-electron chi connectivity index (χ0n) is 17.3. The lowest BCUT2D eigenvalue weighted by Gasteiger charge is -2.37. The first-order chi connectivity index (χ1) is 13.9. The lowest BCUT2D eigenvalue weighted by Crippen LogP contribution is -2.45. The molecule has 0 saturated carbocycles. The van der Waals surface area contributed by atoms with Crippen molar-refractivity contribution in [2.24, 2.45) is 0 Å². The smallest absolute Gasteiger partial charge is 0.345 e. The molecule has 1 fully saturated rings. The molecular formula is C22H28ClN3O4. The molecular weight excluding hydrogens is 406 g/mol. The number of likely N-dealkylation sites (N-methyl/N-ethyl adjacent to an activating group) is 1. The van der Waals surface area contributed by atoms with Crippen molar-refractivity contribution in [3.05, 3.63) is 45.2 Å². The van der Waals surface area contributed by atoms with Gasteiger partial charge < -0.3 is 25.0 Å². The Balaban J connectivity index is 0.00000256. The van der Waals surface area contributed by atoms with Crippen LogP contribution in [-0.2, 0) is 12.8 Å². The lowest BCUT2D eigenvalue weighted by molar-refractivity contribution is 0.0691. The zero-order chi connectivity index (χ0) is 20.7. The van der Waals surface area contributed by atoms with Gasteiger partial charge in [0.25, 0.3) is 5.56 Å². The fourth-order valence-corrected chi connectivity index (χ4v) is 4.59. The van der Waals surface area contributed by atoms with E-state index in [1.165, 1.54) is 12.1 Å². The van der Waals surface area contributed by atoms with E-state index in [0.29, 0.717) is 23.7 Å². The number of nitrogens with zero attached hydrogens (tertiary/aromatic N) is 2. The number of nitrogens with one attached hydrogen (secondary N) is 1. The Morgan fingerprint density at radius 2 is 2.00 bits per heavy atom. The molecule has 1 aromatic heterocycles. The minimum absolute atomic E-state index is 0. The summed E-state index contributed by atoms with van der Waals surface area (Å²) in [5.41, 5.74) is 2.87. The normalized spacial score (nSPS) is 18.2. The van der Waals surface area contributed by atoms with Crippen molar-refractivity contribution < 1.29 is 15.0 Å². The summed E-state index contributed by atoms with van der Waals surface area (Å²) in [4.78, 5) is 31.1. The zero-order valence-corrected chi connectivity index (χ0v) is 18.1. The predicted octanol–water partition coefficient (Wildman–Crippen LogP) is 2.89. The Kier molecular flexibility index (Phi) is 6.43. The van der Waals surface area contributed by atoms with E-state index in [2.05, 4.69) is 41.0 Å². The van der Waals surface area contributed by atoms with Crippen LogP contribution in [-0.4, -0.2) is 59.3 Å². The maximum absolute atomic E-state index is 12.3. The number of H-pyrrole nitrogens is 1. The summed E-state index contributed by atoms with van der Waals surface area (Å²) >= 11 is 0. The monoisotopic (exact) mass is 433 g/mol. The number of halogens is 1. The van der Waals surface area contributed by atoms with Gasteiger partial charge in [-0.05, 0) is 63.9 Å². The third-order valence-corrected chi connectivity index (χ3v) is 6.23. The second-order valence-electron chi connectivity index (χ2n) is 8.24. The van der Waals surface area contributed by atoms with Gasteiger partial charge in [-0.25, -0.2) is 4.79 Å². The number of carboxylic acid groups (broad SMARTS) is 1. The largest absolute Gasteiger partial charge is 0.506 e. The van der Waals surface area contributed by atoms with Crippen LogP contribution in [0.2, 0.25) is 0 Å². The van der Waals surface area contributed by atoms with E-state index in [-0.39, 0.29) is 12.4 Å². The Morgan fingerprint density at radius 1 is 1.23 bits per heavy atom. The Hall–Kier alpha value is -2.51. The van der Waals surface area contributed by atoms with Gasteiger partial charge in [0, 0.05) is 35.9 Å². The number of aromatic carboxylic acids is 1. The van der Waals surface area contributed by atoms with Gasteiger partial charge in [-0.1, -0.05) is 6.07 Å². The highest BCUT2D eigenvalue weighted by Gasteiger charge is 2.26. The van der Waals surface area contributed by atoms with Gasteiger partial charge in [0.1, 0.15) is 5.75 Å². The highest BCUT2D eigenvalue weighted by atomic mass is 35.5. The minimum atomic E-state index is -1.41. The fraction of sp³-hybridized carbons (Fsp3) is 0.455. The number of rotatable bonds is 3. The number of piperidine rings is 1. The highest BCUT2D eigenvalue weighted by molar-refractivity contribution is 5.92. The van der Waals surface area contributed by atoms with Gasteiger partial charge >= 0.3 is 5.97 Å². The van der Waals surface area contributed by atoms with Gasteiger partial charge in [0.2, 0.25) is 0 Å². The summed E-state index contributed by atoms with van der Waals surface area (Å²) in [5, 5.41) is 19.7. The molecule has 2 aliphatic rings. The summed E-state index contributed by atoms with van der Waals surface area (Å²) in [7, 11) is 4.24. The van der Waals surface area contributed by atoms with E-state index < -0.39 is 22.8 Å². The summed E-state index contributed by atoms with van der Waals surface area (Å²) < 4.78 is 0. The van der Waals surface area contributed by atoms with Gasteiger partial charge in [-0.3, -0.25) is 4.79 Å². The molecule has 1 saturated heterocycles. The molecule has 2 aromatic rings.